The first-order valence-corrected chi connectivity index (χ1v) is 12.6. The third-order valence-electron chi connectivity index (χ3n) is 5.77. The molecule has 180 valence electrons. The number of methoxy groups -OCH3 is 1. The second-order valence-electron chi connectivity index (χ2n) is 8.23. The molecule has 1 atom stereocenters. The van der Waals surface area contributed by atoms with Crippen molar-refractivity contribution < 1.29 is 17.9 Å². The van der Waals surface area contributed by atoms with Gasteiger partial charge in [0.15, 0.2) is 0 Å². The highest BCUT2D eigenvalue weighted by molar-refractivity contribution is 7.92. The zero-order chi connectivity index (χ0) is 25.0. The molecule has 0 aromatic heterocycles. The smallest absolute Gasteiger partial charge is 0.264 e. The van der Waals surface area contributed by atoms with Gasteiger partial charge in [-0.2, -0.15) is 0 Å². The predicted molar refractivity (Wildman–Crippen MR) is 136 cm³/mol. The number of rotatable bonds is 8. The van der Waals surface area contributed by atoms with E-state index in [0.717, 1.165) is 21.0 Å². The summed E-state index contributed by atoms with van der Waals surface area (Å²) >= 11 is 6.27. The summed E-state index contributed by atoms with van der Waals surface area (Å²) < 4.78 is 33.2. The van der Waals surface area contributed by atoms with Crippen LogP contribution in [0.25, 0.3) is 0 Å². The number of hydrogen-bond donors (Lipinski definition) is 1. The Balaban J connectivity index is 1.93. The van der Waals surface area contributed by atoms with Crippen LogP contribution in [0.15, 0.2) is 65.6 Å². The molecule has 8 heteroatoms. The van der Waals surface area contributed by atoms with Gasteiger partial charge in [-0.25, -0.2) is 8.42 Å². The molecule has 0 aliphatic carbocycles. The van der Waals surface area contributed by atoms with Gasteiger partial charge in [-0.15, -0.1) is 0 Å². The Morgan fingerprint density at radius 3 is 2.26 bits per heavy atom. The first-order chi connectivity index (χ1) is 16.0. The molecular formula is C26H29ClN2O4S. The first-order valence-electron chi connectivity index (χ1n) is 10.8. The van der Waals surface area contributed by atoms with Crippen LogP contribution in [0.5, 0.6) is 5.75 Å². The average molecular weight is 501 g/mol. The van der Waals surface area contributed by atoms with Crippen LogP contribution in [-0.4, -0.2) is 28.0 Å². The molecule has 34 heavy (non-hydrogen) atoms. The molecule has 0 spiro atoms. The van der Waals surface area contributed by atoms with Gasteiger partial charge in [0.25, 0.3) is 10.0 Å². The topological polar surface area (TPSA) is 75.7 Å². The third kappa shape index (κ3) is 5.54. The Labute approximate surface area is 206 Å². The van der Waals surface area contributed by atoms with E-state index in [0.29, 0.717) is 5.75 Å². The standard InChI is InChI=1S/C26H29ClN2O4S/c1-17-13-19(3)23(14-18(17)2)20(4)28-26(30)16-29(21-11-12-25(33-5)24(27)15-21)34(31,32)22-9-7-6-8-10-22/h6-15,20H,16H2,1-5H3,(H,28,30)/t20-/m0/s1. The van der Waals surface area contributed by atoms with Crippen LogP contribution in [0.3, 0.4) is 0 Å². The number of nitrogens with one attached hydrogen (secondary N) is 1. The van der Waals surface area contributed by atoms with E-state index in [1.54, 1.807) is 30.3 Å². The molecule has 6 nitrogen and oxygen atoms in total. The van der Waals surface area contributed by atoms with Crippen LogP contribution in [0.2, 0.25) is 5.02 Å². The fourth-order valence-electron chi connectivity index (χ4n) is 3.79. The number of benzene rings is 3. The second kappa shape index (κ2) is 10.5. The predicted octanol–water partition coefficient (Wildman–Crippen LogP) is 5.35. The molecule has 0 aliphatic rings. The van der Waals surface area contributed by atoms with E-state index in [9.17, 15) is 13.2 Å². The monoisotopic (exact) mass is 500 g/mol. The molecule has 0 radical (unpaired) electrons. The van der Waals surface area contributed by atoms with Crippen LogP contribution in [0.1, 0.15) is 35.2 Å². The summed E-state index contributed by atoms with van der Waals surface area (Å²) in [7, 11) is -2.56. The minimum Gasteiger partial charge on any atom is -0.495 e. The van der Waals surface area contributed by atoms with Gasteiger partial charge < -0.3 is 10.1 Å². The maximum absolute atomic E-state index is 13.5. The Morgan fingerprint density at radius 1 is 1.00 bits per heavy atom. The lowest BCUT2D eigenvalue weighted by Gasteiger charge is -2.26. The van der Waals surface area contributed by atoms with Crippen LogP contribution in [0.4, 0.5) is 5.69 Å². The van der Waals surface area contributed by atoms with Gasteiger partial charge in [-0.3, -0.25) is 9.10 Å². The number of halogens is 1. The molecule has 0 fully saturated rings. The van der Waals surface area contributed by atoms with E-state index in [1.165, 1.54) is 30.9 Å². The molecule has 3 rings (SSSR count). The number of anilines is 1. The molecule has 0 aliphatic heterocycles. The van der Waals surface area contributed by atoms with Gasteiger partial charge >= 0.3 is 0 Å². The fourth-order valence-corrected chi connectivity index (χ4v) is 5.48. The summed E-state index contributed by atoms with van der Waals surface area (Å²) in [6.07, 6.45) is 0. The number of sulfonamides is 1. The Kier molecular flexibility index (Phi) is 7.89. The largest absolute Gasteiger partial charge is 0.495 e. The van der Waals surface area contributed by atoms with Gasteiger partial charge in [0, 0.05) is 0 Å². The maximum atomic E-state index is 13.5. The molecule has 0 saturated heterocycles. The van der Waals surface area contributed by atoms with Crippen LogP contribution < -0.4 is 14.4 Å². The normalized spacial score (nSPS) is 12.2. The number of hydrogen-bond acceptors (Lipinski definition) is 4. The Morgan fingerprint density at radius 2 is 1.65 bits per heavy atom. The fraction of sp³-hybridized carbons (Fsp3) is 0.269. The highest BCUT2D eigenvalue weighted by atomic mass is 35.5. The number of amides is 1. The number of ether oxygens (including phenoxy) is 1. The molecule has 1 N–H and O–H groups in total. The number of carbonyl (C=O) groups is 1. The van der Waals surface area contributed by atoms with Crippen molar-refractivity contribution in [2.24, 2.45) is 0 Å². The molecule has 0 heterocycles. The van der Waals surface area contributed by atoms with E-state index >= 15 is 0 Å². The Hall–Kier alpha value is -3.03. The van der Waals surface area contributed by atoms with Crippen LogP contribution in [0, 0.1) is 20.8 Å². The summed E-state index contributed by atoms with van der Waals surface area (Å²) in [5.74, 6) is -0.0256. The van der Waals surface area contributed by atoms with Gasteiger partial charge in [0.05, 0.1) is 28.8 Å². The summed E-state index contributed by atoms with van der Waals surface area (Å²) in [4.78, 5) is 13.2. The summed E-state index contributed by atoms with van der Waals surface area (Å²) in [6.45, 7) is 7.54. The van der Waals surface area contributed by atoms with Crippen molar-refractivity contribution in [2.75, 3.05) is 18.0 Å². The SMILES string of the molecule is COc1ccc(N(CC(=O)N[C@@H](C)c2cc(C)c(C)cc2C)S(=O)(=O)c2ccccc2)cc1Cl. The summed E-state index contributed by atoms with van der Waals surface area (Å²) in [5.41, 5.74) is 4.62. The number of nitrogens with zero attached hydrogens (tertiary/aromatic N) is 1. The minimum atomic E-state index is -4.03. The van der Waals surface area contributed by atoms with Crippen molar-refractivity contribution in [1.82, 2.24) is 5.32 Å². The van der Waals surface area contributed by atoms with E-state index in [-0.39, 0.29) is 21.6 Å². The Bertz CT molecular complexity index is 1290. The van der Waals surface area contributed by atoms with Gasteiger partial charge in [-0.1, -0.05) is 41.9 Å². The van der Waals surface area contributed by atoms with E-state index in [1.807, 2.05) is 27.7 Å². The molecule has 1 amide bonds. The van der Waals surface area contributed by atoms with E-state index in [2.05, 4.69) is 17.4 Å². The zero-order valence-corrected chi connectivity index (χ0v) is 21.5. The van der Waals surface area contributed by atoms with Crippen LogP contribution in [-0.2, 0) is 14.8 Å². The average Bonchev–Trinajstić information content (AvgIpc) is 2.80. The van der Waals surface area contributed by atoms with Crippen molar-refractivity contribution in [3.05, 3.63) is 87.9 Å². The first kappa shape index (κ1) is 25.6. The lowest BCUT2D eigenvalue weighted by Crippen LogP contribution is -2.41. The summed E-state index contributed by atoms with van der Waals surface area (Å²) in [5, 5.41) is 3.19. The number of aryl methyl sites for hydroxylation is 3. The highest BCUT2D eigenvalue weighted by Crippen LogP contribution is 2.32. The molecule has 3 aromatic carbocycles. The van der Waals surface area contributed by atoms with Crippen molar-refractivity contribution in [2.45, 2.75) is 38.6 Å². The quantitative estimate of drug-likeness (QED) is 0.452. The number of carbonyl (C=O) groups excluding carboxylic acids is 1. The third-order valence-corrected chi connectivity index (χ3v) is 7.85. The molecule has 3 aromatic rings. The zero-order valence-electron chi connectivity index (χ0n) is 19.9. The molecule has 0 unspecified atom stereocenters. The van der Waals surface area contributed by atoms with Gasteiger partial charge in [0.1, 0.15) is 12.3 Å². The van der Waals surface area contributed by atoms with Crippen molar-refractivity contribution in [1.29, 1.82) is 0 Å². The minimum absolute atomic E-state index is 0.0767. The van der Waals surface area contributed by atoms with E-state index < -0.39 is 22.5 Å². The summed E-state index contributed by atoms with van der Waals surface area (Å²) in [6, 6.07) is 16.4. The van der Waals surface area contributed by atoms with Crippen molar-refractivity contribution >= 4 is 33.2 Å². The van der Waals surface area contributed by atoms with Crippen molar-refractivity contribution in [3.63, 3.8) is 0 Å². The molecule has 0 saturated carbocycles. The maximum Gasteiger partial charge on any atom is 0.264 e. The van der Waals surface area contributed by atoms with Gasteiger partial charge in [-0.05, 0) is 80.3 Å². The lowest BCUT2D eigenvalue weighted by molar-refractivity contribution is -0.120. The highest BCUT2D eigenvalue weighted by Gasteiger charge is 2.28. The van der Waals surface area contributed by atoms with Gasteiger partial charge in [0.2, 0.25) is 5.91 Å². The van der Waals surface area contributed by atoms with Crippen molar-refractivity contribution in [3.8, 4) is 5.75 Å². The molecule has 0 bridgehead atoms. The second-order valence-corrected chi connectivity index (χ2v) is 10.5. The lowest BCUT2D eigenvalue weighted by atomic mass is 9.96. The van der Waals surface area contributed by atoms with Crippen LogP contribution >= 0.6 is 11.6 Å². The molecular weight excluding hydrogens is 472 g/mol. The van der Waals surface area contributed by atoms with E-state index in [4.69, 9.17) is 16.3 Å².